The summed E-state index contributed by atoms with van der Waals surface area (Å²) in [6.45, 7) is 24.0. The molecule has 5 fully saturated rings. The summed E-state index contributed by atoms with van der Waals surface area (Å²) >= 11 is 1.58. The zero-order valence-corrected chi connectivity index (χ0v) is 58.4. The van der Waals surface area contributed by atoms with Gasteiger partial charge in [-0.1, -0.05) is 63.6 Å². The van der Waals surface area contributed by atoms with Gasteiger partial charge in [0, 0.05) is 67.0 Å². The number of aryl methyl sites for hydroxylation is 2. The second-order valence-corrected chi connectivity index (χ2v) is 30.8. The van der Waals surface area contributed by atoms with Crippen LogP contribution in [0.1, 0.15) is 177 Å². The summed E-state index contributed by atoms with van der Waals surface area (Å²) in [5, 5.41) is 35.1. The van der Waals surface area contributed by atoms with Gasteiger partial charge in [-0.05, 0) is 197 Å². The molecular weight excluding hydrogens is 1230 g/mol. The van der Waals surface area contributed by atoms with Crippen molar-refractivity contribution in [2.24, 2.45) is 11.3 Å². The number of thiazole rings is 1. The number of nitrogens with zero attached hydrogens (tertiary/aromatic N) is 9. The largest absolute Gasteiger partial charge is 0.391 e. The van der Waals surface area contributed by atoms with Gasteiger partial charge >= 0.3 is 0 Å². The van der Waals surface area contributed by atoms with Crippen molar-refractivity contribution in [1.29, 1.82) is 0 Å². The quantitative estimate of drug-likeness (QED) is 0.0418. The van der Waals surface area contributed by atoms with Gasteiger partial charge in [-0.2, -0.15) is 0 Å². The maximum Gasteiger partial charge on any atom is 0.251 e. The van der Waals surface area contributed by atoms with Crippen molar-refractivity contribution in [3.8, 4) is 21.7 Å². The molecule has 0 radical (unpaired) electrons. The predicted molar refractivity (Wildman–Crippen MR) is 373 cm³/mol. The number of β-amino-alcohol motifs (C(OH)–C–C–N with tert-alkyl or cyclic N) is 1. The van der Waals surface area contributed by atoms with Crippen LogP contribution >= 0.6 is 11.3 Å². The van der Waals surface area contributed by atoms with Gasteiger partial charge in [0.1, 0.15) is 29.6 Å². The average molecular weight is 1330 g/mol. The molecule has 6 aromatic rings. The number of rotatable bonds is 20. The maximum absolute atomic E-state index is 16.0. The topological polar surface area (TPSA) is 234 Å². The lowest BCUT2D eigenvalue weighted by Crippen LogP contribution is -2.59. The molecule has 1 aliphatic carbocycles. The number of nitrogens with one attached hydrogen (secondary N) is 4. The summed E-state index contributed by atoms with van der Waals surface area (Å²) in [5.74, 6) is -0.960. The van der Waals surface area contributed by atoms with Crippen molar-refractivity contribution < 1.29 is 38.6 Å². The van der Waals surface area contributed by atoms with E-state index in [0.717, 1.165) is 83.7 Å². The molecule has 1 unspecified atom stereocenters. The van der Waals surface area contributed by atoms with Gasteiger partial charge in [-0.3, -0.25) is 33.8 Å². The molecule has 5 atom stereocenters. The number of anilines is 3. The fourth-order valence-corrected chi connectivity index (χ4v) is 16.6. The van der Waals surface area contributed by atoms with Crippen LogP contribution in [0.2, 0.25) is 0 Å². The molecule has 5 aliphatic heterocycles. The number of aromatic nitrogens is 4. The molecule has 1 saturated carbocycles. The molecule has 514 valence electrons. The summed E-state index contributed by atoms with van der Waals surface area (Å²) in [6, 6.07) is 17.3. The Labute approximate surface area is 568 Å². The summed E-state index contributed by atoms with van der Waals surface area (Å²) in [7, 11) is 0. The number of pyridine rings is 1. The van der Waals surface area contributed by atoms with Crippen molar-refractivity contribution in [2.75, 3.05) is 62.6 Å². The fourth-order valence-electron chi connectivity index (χ4n) is 15.7. The van der Waals surface area contributed by atoms with Crippen LogP contribution in [0.25, 0.3) is 32.7 Å². The first-order valence-electron chi connectivity index (χ1n) is 35.1. The van der Waals surface area contributed by atoms with E-state index in [-0.39, 0.29) is 73.0 Å². The van der Waals surface area contributed by atoms with Crippen LogP contribution in [0, 0.1) is 31.0 Å². The minimum absolute atomic E-state index is 0.00950. The van der Waals surface area contributed by atoms with E-state index in [2.05, 4.69) is 71.8 Å². The van der Waals surface area contributed by atoms with Gasteiger partial charge in [-0.25, -0.2) is 19.3 Å². The Balaban J connectivity index is 0.673. The summed E-state index contributed by atoms with van der Waals surface area (Å²) in [5.41, 5.74) is 8.97. The molecule has 22 heteroatoms. The number of carbonyl (C=O) groups is 5. The number of likely N-dealkylation sites (tertiary alicyclic amines) is 4. The monoisotopic (exact) mass is 1330 g/mol. The van der Waals surface area contributed by atoms with E-state index in [9.17, 15) is 29.4 Å². The highest BCUT2D eigenvalue weighted by atomic mass is 32.1. The number of fused-ring (bicyclic) bond motifs is 3. The molecule has 6 aliphatic rings. The summed E-state index contributed by atoms with van der Waals surface area (Å²) in [6.07, 6.45) is 10.1. The van der Waals surface area contributed by atoms with Crippen LogP contribution in [0.5, 0.6) is 0 Å². The van der Waals surface area contributed by atoms with Crippen LogP contribution in [-0.4, -0.2) is 174 Å². The molecule has 96 heavy (non-hydrogen) atoms. The minimum atomic E-state index is -0.936. The van der Waals surface area contributed by atoms with Crippen molar-refractivity contribution in [1.82, 2.24) is 55.1 Å². The van der Waals surface area contributed by atoms with Crippen LogP contribution in [0.15, 0.2) is 72.5 Å². The first-order valence-corrected chi connectivity index (χ1v) is 35.9. The lowest BCUT2D eigenvalue weighted by molar-refractivity contribution is -0.144. The van der Waals surface area contributed by atoms with Crippen LogP contribution in [0.4, 0.5) is 21.6 Å². The molecule has 1 spiro atoms. The number of imidazole rings is 1. The second kappa shape index (κ2) is 28.3. The van der Waals surface area contributed by atoms with Crippen molar-refractivity contribution in [3.05, 3.63) is 106 Å². The van der Waals surface area contributed by atoms with E-state index in [4.69, 9.17) is 9.97 Å². The molecular formula is C74H98FN13O7S. The Hall–Kier alpha value is -7.21. The molecule has 4 saturated heterocycles. The van der Waals surface area contributed by atoms with Crippen LogP contribution in [0.3, 0.4) is 0 Å². The fraction of sp³-hybridized carbons (Fsp3) is 0.568. The first kappa shape index (κ1) is 68.7. The van der Waals surface area contributed by atoms with Crippen molar-refractivity contribution >= 4 is 69.1 Å². The molecule has 5 amide bonds. The number of halogens is 1. The number of aliphatic hydroxyl groups is 2. The standard InChI is InChI=1S/C74H98FN13O7S/c1-43(2)78-69(92)55-37-59(57(75)32-45(55)5)81-68-65-60(76-41-87(65)44(3)4)38-58(80-68)51-19-20-56-61(33-51)88(53-34-52(35-53)84-26-12-11-13-27-84)72(95)74(56)24-30-85(31-25-74)64(91)21-14-48-22-28-83(29-23-48)40-63(90)82-67(73(8,9)10)71(94)86-39-54(89)36-62(86)70(93)79-46(6)49-15-17-50(18-16-49)66-47(7)77-42-96-66/h15-20,32-33,37-38,41-44,46,48,52-54,62,64,67,89,91H,11-14,21-31,34-36,39-40H2,1-10H3,(H,78,92)(H,79,93)(H,80,81)(H,82,90)/t46-,52-,53+,54+,62-,64?,67+/m0/s1. The summed E-state index contributed by atoms with van der Waals surface area (Å²) < 4.78 is 18.0. The molecule has 6 N–H and O–H groups in total. The smallest absolute Gasteiger partial charge is 0.251 e. The van der Waals surface area contributed by atoms with E-state index in [1.807, 2.05) is 94.9 Å². The number of benzene rings is 3. The number of hydrogen-bond donors (Lipinski definition) is 6. The number of carbonyl (C=O) groups excluding carboxylic acids is 5. The van der Waals surface area contributed by atoms with Gasteiger partial charge in [0.2, 0.25) is 23.6 Å². The molecule has 3 aromatic carbocycles. The number of piperidine rings is 3. The molecule has 20 nitrogen and oxygen atoms in total. The lowest BCUT2D eigenvalue weighted by atomic mass is 9.73. The second-order valence-electron chi connectivity index (χ2n) is 29.9. The first-order chi connectivity index (χ1) is 45.8. The van der Waals surface area contributed by atoms with Crippen LogP contribution in [-0.2, 0) is 24.6 Å². The third kappa shape index (κ3) is 14.2. The lowest BCUT2D eigenvalue weighted by Gasteiger charge is -2.48. The minimum Gasteiger partial charge on any atom is -0.391 e. The highest BCUT2D eigenvalue weighted by molar-refractivity contribution is 7.13. The third-order valence-corrected chi connectivity index (χ3v) is 22.4. The summed E-state index contributed by atoms with van der Waals surface area (Å²) in [4.78, 5) is 97.0. The maximum atomic E-state index is 16.0. The van der Waals surface area contributed by atoms with Crippen LogP contribution < -0.4 is 26.2 Å². The number of aliphatic hydroxyl groups excluding tert-OH is 2. The van der Waals surface area contributed by atoms with Gasteiger partial charge in [0.25, 0.3) is 5.91 Å². The highest BCUT2D eigenvalue weighted by Crippen LogP contribution is 2.53. The Morgan fingerprint density at radius 2 is 1.53 bits per heavy atom. The number of amides is 5. The zero-order chi connectivity index (χ0) is 68.1. The average Bonchev–Trinajstić information content (AvgIpc) is 1.55. The van der Waals surface area contributed by atoms with Crippen molar-refractivity contribution in [3.63, 3.8) is 0 Å². The van der Waals surface area contributed by atoms with Gasteiger partial charge in [-0.15, -0.1) is 11.3 Å². The molecule has 8 heterocycles. The zero-order valence-electron chi connectivity index (χ0n) is 57.6. The van der Waals surface area contributed by atoms with Gasteiger partial charge in [0.15, 0.2) is 5.82 Å². The Bertz CT molecular complexity index is 3840. The van der Waals surface area contributed by atoms with E-state index in [1.165, 1.54) is 30.2 Å². The van der Waals surface area contributed by atoms with E-state index >= 15 is 9.18 Å². The predicted octanol–water partition coefficient (Wildman–Crippen LogP) is 10.3. The third-order valence-electron chi connectivity index (χ3n) is 21.4. The Morgan fingerprint density at radius 3 is 2.20 bits per heavy atom. The highest BCUT2D eigenvalue weighted by Gasteiger charge is 2.56. The van der Waals surface area contributed by atoms with E-state index in [1.54, 1.807) is 30.7 Å². The van der Waals surface area contributed by atoms with E-state index < -0.39 is 47.0 Å². The Morgan fingerprint density at radius 1 is 0.823 bits per heavy atom. The molecule has 3 aromatic heterocycles. The van der Waals surface area contributed by atoms with Crippen molar-refractivity contribution in [2.45, 2.75) is 206 Å². The normalized spacial score (nSPS) is 22.2. The Kier molecular flexibility index (Phi) is 20.3. The SMILES string of the molecule is Cc1cc(F)c(Nc2nc(-c3ccc4c(c3)N([C@H]3C[C@@H](N5CCCCC5)C3)C(=O)C43CCN(C(O)CCC4CCN(CC(=O)N[C@H](C(=O)N5C[C@H](O)C[C@H]5C(=O)N[C@@H](C)c5ccc(-c6scnc6C)cc5)C(C)(C)C)CC4)CC3)cc3ncn(C(C)C)c23)cc1C(=O)NC(C)C. The number of hydrogen-bond acceptors (Lipinski definition) is 15. The van der Waals surface area contributed by atoms with Gasteiger partial charge in [0.05, 0.1) is 63.4 Å². The molecule has 12 rings (SSSR count). The molecule has 0 bridgehead atoms. The van der Waals surface area contributed by atoms with Gasteiger partial charge < -0.3 is 50.7 Å². The van der Waals surface area contributed by atoms with E-state index in [0.29, 0.717) is 91.1 Å².